The smallest absolute Gasteiger partial charge is 0.126 e. The van der Waals surface area contributed by atoms with Crippen molar-refractivity contribution in [2.24, 2.45) is 5.92 Å². The molecule has 2 aliphatic rings. The van der Waals surface area contributed by atoms with E-state index in [1.54, 1.807) is 0 Å². The van der Waals surface area contributed by atoms with Crippen LogP contribution in [0.4, 0.5) is 11.5 Å². The minimum Gasteiger partial charge on any atom is -0.370 e. The van der Waals surface area contributed by atoms with Crippen LogP contribution < -0.4 is 10.2 Å². The lowest BCUT2D eigenvalue weighted by Crippen LogP contribution is -2.30. The number of hydrogen-bond donors (Lipinski definition) is 1. The van der Waals surface area contributed by atoms with Crippen LogP contribution >= 0.6 is 0 Å². The summed E-state index contributed by atoms with van der Waals surface area (Å²) in [5.41, 5.74) is 2.75. The molecule has 132 valence electrons. The van der Waals surface area contributed by atoms with Crippen molar-refractivity contribution in [1.82, 2.24) is 4.98 Å². The molecule has 3 nitrogen and oxygen atoms in total. The van der Waals surface area contributed by atoms with Gasteiger partial charge in [0.05, 0.1) is 11.9 Å². The maximum Gasteiger partial charge on any atom is 0.126 e. The molecule has 1 aromatic heterocycles. The molecule has 2 heterocycles. The van der Waals surface area contributed by atoms with E-state index in [4.69, 9.17) is 0 Å². The van der Waals surface area contributed by atoms with Crippen molar-refractivity contribution in [3.63, 3.8) is 0 Å². The molecule has 1 aliphatic heterocycles. The molecule has 25 heavy (non-hydrogen) atoms. The molecule has 2 fully saturated rings. The van der Waals surface area contributed by atoms with Crippen LogP contribution in [0.15, 0.2) is 48.7 Å². The van der Waals surface area contributed by atoms with E-state index in [-0.39, 0.29) is 0 Å². The fourth-order valence-electron chi connectivity index (χ4n) is 4.56. The van der Waals surface area contributed by atoms with Gasteiger partial charge in [0.2, 0.25) is 0 Å². The number of aromatic nitrogens is 1. The zero-order valence-corrected chi connectivity index (χ0v) is 15.2. The second-order valence-corrected chi connectivity index (χ2v) is 7.86. The maximum atomic E-state index is 4.69. The molecule has 0 spiro atoms. The second kappa shape index (κ2) is 7.47. The van der Waals surface area contributed by atoms with Gasteiger partial charge in [0.1, 0.15) is 5.82 Å². The second-order valence-electron chi connectivity index (χ2n) is 7.86. The summed E-state index contributed by atoms with van der Waals surface area (Å²) in [6, 6.07) is 15.9. The van der Waals surface area contributed by atoms with E-state index in [0.29, 0.717) is 12.0 Å². The number of rotatable bonds is 4. The Balaban J connectivity index is 1.41. The van der Waals surface area contributed by atoms with Crippen molar-refractivity contribution in [2.45, 2.75) is 51.0 Å². The normalized spacial score (nSPS) is 26.6. The number of hydrogen-bond acceptors (Lipinski definition) is 3. The van der Waals surface area contributed by atoms with Crippen molar-refractivity contribution in [2.75, 3.05) is 23.3 Å². The lowest BCUT2D eigenvalue weighted by atomic mass is 9.76. The Bertz CT molecular complexity index is 661. The Morgan fingerprint density at radius 2 is 1.76 bits per heavy atom. The lowest BCUT2D eigenvalue weighted by Gasteiger charge is -2.34. The van der Waals surface area contributed by atoms with Gasteiger partial charge in [0.25, 0.3) is 0 Å². The van der Waals surface area contributed by atoms with Crippen molar-refractivity contribution < 1.29 is 0 Å². The molecule has 3 heteroatoms. The first kappa shape index (κ1) is 16.4. The molecule has 1 aliphatic carbocycles. The molecule has 0 radical (unpaired) electrons. The predicted octanol–water partition coefficient (Wildman–Crippen LogP) is 5.07. The van der Waals surface area contributed by atoms with Crippen LogP contribution in [0, 0.1) is 5.92 Å². The maximum absolute atomic E-state index is 4.69. The highest BCUT2D eigenvalue weighted by Gasteiger charge is 2.27. The summed E-state index contributed by atoms with van der Waals surface area (Å²) in [5.74, 6) is 2.43. The highest BCUT2D eigenvalue weighted by Crippen LogP contribution is 2.37. The molecule has 3 unspecified atom stereocenters. The molecule has 0 amide bonds. The van der Waals surface area contributed by atoms with Gasteiger partial charge in [-0.15, -0.1) is 0 Å². The zero-order chi connectivity index (χ0) is 17.1. The third-order valence-electron chi connectivity index (χ3n) is 5.78. The van der Waals surface area contributed by atoms with Gasteiger partial charge in [-0.2, -0.15) is 0 Å². The molecule has 2 aromatic rings. The first-order chi connectivity index (χ1) is 12.3. The molecule has 1 N–H and O–H groups in total. The molecular formula is C22H29N3. The van der Waals surface area contributed by atoms with Crippen molar-refractivity contribution in [3.8, 4) is 0 Å². The minimum atomic E-state index is 0.513. The summed E-state index contributed by atoms with van der Waals surface area (Å²) < 4.78 is 0. The van der Waals surface area contributed by atoms with Crippen LogP contribution in [-0.4, -0.2) is 24.1 Å². The van der Waals surface area contributed by atoms with Crippen LogP contribution in [-0.2, 0) is 0 Å². The quantitative estimate of drug-likeness (QED) is 0.846. The highest BCUT2D eigenvalue weighted by molar-refractivity contribution is 5.50. The average Bonchev–Trinajstić information content (AvgIpc) is 3.17. The van der Waals surface area contributed by atoms with Crippen LogP contribution in [0.3, 0.4) is 0 Å². The monoisotopic (exact) mass is 335 g/mol. The van der Waals surface area contributed by atoms with Crippen molar-refractivity contribution >= 4 is 11.5 Å². The minimum absolute atomic E-state index is 0.513. The largest absolute Gasteiger partial charge is 0.370 e. The summed E-state index contributed by atoms with van der Waals surface area (Å²) in [5, 5.41) is 3.70. The topological polar surface area (TPSA) is 28.2 Å². The Labute approximate surface area is 151 Å². The van der Waals surface area contributed by atoms with Crippen LogP contribution in [0.2, 0.25) is 0 Å². The molecule has 0 bridgehead atoms. The summed E-state index contributed by atoms with van der Waals surface area (Å²) in [4.78, 5) is 7.12. The Kier molecular flexibility index (Phi) is 4.91. The van der Waals surface area contributed by atoms with E-state index in [1.165, 1.54) is 56.4 Å². The van der Waals surface area contributed by atoms with Gasteiger partial charge < -0.3 is 10.2 Å². The SMILES string of the molecule is CC1CC(Nc2ccc(N3CCCC3)cn2)CC(c2ccccc2)C1. The zero-order valence-electron chi connectivity index (χ0n) is 15.2. The van der Waals surface area contributed by atoms with E-state index in [2.05, 4.69) is 64.6 Å². The molecule has 4 rings (SSSR count). The van der Waals surface area contributed by atoms with Gasteiger partial charge in [-0.05, 0) is 61.6 Å². The number of anilines is 2. The fraction of sp³-hybridized carbons (Fsp3) is 0.500. The van der Waals surface area contributed by atoms with Crippen molar-refractivity contribution in [1.29, 1.82) is 0 Å². The van der Waals surface area contributed by atoms with E-state index in [0.717, 1.165) is 11.7 Å². The Morgan fingerprint density at radius 1 is 0.960 bits per heavy atom. The lowest BCUT2D eigenvalue weighted by molar-refractivity contribution is 0.320. The van der Waals surface area contributed by atoms with Gasteiger partial charge in [-0.3, -0.25) is 0 Å². The van der Waals surface area contributed by atoms with Crippen molar-refractivity contribution in [3.05, 3.63) is 54.2 Å². The first-order valence-electron chi connectivity index (χ1n) is 9.80. The third-order valence-corrected chi connectivity index (χ3v) is 5.78. The molecule has 1 saturated heterocycles. The highest BCUT2D eigenvalue weighted by atomic mass is 15.2. The summed E-state index contributed by atoms with van der Waals surface area (Å²) in [6.45, 7) is 4.73. The van der Waals surface area contributed by atoms with E-state index in [9.17, 15) is 0 Å². The van der Waals surface area contributed by atoms with Gasteiger partial charge in [-0.25, -0.2) is 4.98 Å². The number of nitrogens with one attached hydrogen (secondary N) is 1. The standard InChI is InChI=1S/C22H29N3/c1-17-13-19(18-7-3-2-4-8-18)15-20(14-17)24-22-10-9-21(16-23-22)25-11-5-6-12-25/h2-4,7-10,16-17,19-20H,5-6,11-15H2,1H3,(H,23,24). The summed E-state index contributed by atoms with van der Waals surface area (Å²) in [6.07, 6.45) is 8.38. The van der Waals surface area contributed by atoms with E-state index in [1.807, 2.05) is 6.20 Å². The molecule has 1 aromatic carbocycles. The Morgan fingerprint density at radius 3 is 2.48 bits per heavy atom. The van der Waals surface area contributed by atoms with Gasteiger partial charge in [0, 0.05) is 19.1 Å². The van der Waals surface area contributed by atoms with Crippen LogP contribution in [0.25, 0.3) is 0 Å². The molecule has 1 saturated carbocycles. The van der Waals surface area contributed by atoms with Gasteiger partial charge >= 0.3 is 0 Å². The number of benzene rings is 1. The number of nitrogens with zero attached hydrogens (tertiary/aromatic N) is 2. The van der Waals surface area contributed by atoms with E-state index < -0.39 is 0 Å². The fourth-order valence-corrected chi connectivity index (χ4v) is 4.56. The van der Waals surface area contributed by atoms with Crippen LogP contribution in [0.1, 0.15) is 50.5 Å². The molecular weight excluding hydrogens is 306 g/mol. The first-order valence-corrected chi connectivity index (χ1v) is 9.80. The predicted molar refractivity (Wildman–Crippen MR) is 105 cm³/mol. The van der Waals surface area contributed by atoms with Gasteiger partial charge in [0.15, 0.2) is 0 Å². The van der Waals surface area contributed by atoms with Gasteiger partial charge in [-0.1, -0.05) is 37.3 Å². The Hall–Kier alpha value is -2.03. The van der Waals surface area contributed by atoms with E-state index >= 15 is 0 Å². The molecule has 3 atom stereocenters. The average molecular weight is 335 g/mol. The third kappa shape index (κ3) is 3.97. The number of pyridine rings is 1. The summed E-state index contributed by atoms with van der Waals surface area (Å²) in [7, 11) is 0. The summed E-state index contributed by atoms with van der Waals surface area (Å²) >= 11 is 0. The van der Waals surface area contributed by atoms with Crippen LogP contribution in [0.5, 0.6) is 0 Å².